The average Bonchev–Trinajstić information content (AvgIpc) is 2.39. The second kappa shape index (κ2) is 6.71. The molecule has 0 saturated carbocycles. The number of piperidine rings is 1. The van der Waals surface area contributed by atoms with Crippen LogP contribution in [-0.2, 0) is 11.3 Å². The van der Waals surface area contributed by atoms with Crippen molar-refractivity contribution in [1.82, 2.24) is 10.2 Å². The van der Waals surface area contributed by atoms with Crippen molar-refractivity contribution in [3.05, 3.63) is 35.9 Å². The Balaban J connectivity index is 1.88. The van der Waals surface area contributed by atoms with Gasteiger partial charge in [-0.15, -0.1) is 0 Å². The van der Waals surface area contributed by atoms with Gasteiger partial charge in [0.25, 0.3) is 0 Å². The topological polar surface area (TPSA) is 32.3 Å². The zero-order chi connectivity index (χ0) is 13.7. The Morgan fingerprint density at radius 3 is 2.84 bits per heavy atom. The Hall–Kier alpha value is -1.35. The third-order valence-corrected chi connectivity index (χ3v) is 3.93. The van der Waals surface area contributed by atoms with Crippen LogP contribution >= 0.6 is 0 Å². The number of likely N-dealkylation sites (tertiary alicyclic amines) is 1. The smallest absolute Gasteiger partial charge is 0.217 e. The fourth-order valence-corrected chi connectivity index (χ4v) is 2.92. The minimum Gasteiger partial charge on any atom is -0.354 e. The van der Waals surface area contributed by atoms with Gasteiger partial charge in [-0.3, -0.25) is 9.69 Å². The van der Waals surface area contributed by atoms with Crippen molar-refractivity contribution in [2.45, 2.75) is 39.3 Å². The maximum atomic E-state index is 11.1. The molecule has 19 heavy (non-hydrogen) atoms. The highest BCUT2D eigenvalue weighted by atomic mass is 16.1. The molecule has 2 rings (SSSR count). The molecule has 0 bridgehead atoms. The number of carbonyl (C=O) groups excluding carboxylic acids is 1. The van der Waals surface area contributed by atoms with Crippen LogP contribution in [0.1, 0.15) is 32.3 Å². The number of nitrogens with one attached hydrogen (secondary N) is 1. The number of amides is 1. The molecular formula is C16H24N2O. The molecule has 1 aliphatic rings. The van der Waals surface area contributed by atoms with Crippen LogP contribution in [0.3, 0.4) is 0 Å². The molecule has 3 heteroatoms. The van der Waals surface area contributed by atoms with E-state index in [0.29, 0.717) is 5.92 Å². The molecule has 1 amide bonds. The van der Waals surface area contributed by atoms with E-state index >= 15 is 0 Å². The lowest BCUT2D eigenvalue weighted by Gasteiger charge is -2.36. The number of nitrogens with zero attached hydrogens (tertiary/aromatic N) is 1. The van der Waals surface area contributed by atoms with Crippen molar-refractivity contribution in [3.8, 4) is 0 Å². The molecule has 0 radical (unpaired) electrons. The van der Waals surface area contributed by atoms with E-state index in [1.165, 1.54) is 18.4 Å². The molecule has 1 N–H and O–H groups in total. The van der Waals surface area contributed by atoms with Crippen LogP contribution in [0.25, 0.3) is 0 Å². The minimum absolute atomic E-state index is 0.0766. The Bertz CT molecular complexity index is 404. The summed E-state index contributed by atoms with van der Waals surface area (Å²) in [4.78, 5) is 13.6. The second-order valence-corrected chi connectivity index (χ2v) is 5.61. The molecule has 1 saturated heterocycles. The predicted molar refractivity (Wildman–Crippen MR) is 77.7 cm³/mol. The maximum absolute atomic E-state index is 11.1. The van der Waals surface area contributed by atoms with Crippen LogP contribution in [0.4, 0.5) is 0 Å². The number of benzene rings is 1. The molecule has 1 aromatic carbocycles. The standard InChI is InChI=1S/C16H24N2O/c1-13(17-14(2)19)16-9-6-10-18(12-16)11-15-7-4-3-5-8-15/h3-5,7-8,13,16H,6,9-12H2,1-2H3,(H,17,19). The average molecular weight is 260 g/mol. The highest BCUT2D eigenvalue weighted by Gasteiger charge is 2.24. The first-order chi connectivity index (χ1) is 9.15. The van der Waals surface area contributed by atoms with Gasteiger partial charge in [0.1, 0.15) is 0 Å². The lowest BCUT2D eigenvalue weighted by molar-refractivity contribution is -0.120. The lowest BCUT2D eigenvalue weighted by atomic mass is 9.91. The number of rotatable bonds is 4. The van der Waals surface area contributed by atoms with Crippen molar-refractivity contribution in [3.63, 3.8) is 0 Å². The third-order valence-electron chi connectivity index (χ3n) is 3.93. The minimum atomic E-state index is 0.0766. The monoisotopic (exact) mass is 260 g/mol. The maximum Gasteiger partial charge on any atom is 0.217 e. The zero-order valence-corrected chi connectivity index (χ0v) is 11.9. The predicted octanol–water partition coefficient (Wildman–Crippen LogP) is 2.42. The fourth-order valence-electron chi connectivity index (χ4n) is 2.92. The van der Waals surface area contributed by atoms with Crippen LogP contribution in [0.15, 0.2) is 30.3 Å². The van der Waals surface area contributed by atoms with Crippen LogP contribution in [0.2, 0.25) is 0 Å². The van der Waals surface area contributed by atoms with Crippen LogP contribution in [0.5, 0.6) is 0 Å². The van der Waals surface area contributed by atoms with Gasteiger partial charge in [0.15, 0.2) is 0 Å². The molecule has 104 valence electrons. The van der Waals surface area contributed by atoms with Crippen molar-refractivity contribution < 1.29 is 4.79 Å². The summed E-state index contributed by atoms with van der Waals surface area (Å²) in [5.74, 6) is 0.647. The second-order valence-electron chi connectivity index (χ2n) is 5.61. The van der Waals surface area contributed by atoms with E-state index in [9.17, 15) is 4.79 Å². The van der Waals surface area contributed by atoms with Gasteiger partial charge in [-0.2, -0.15) is 0 Å². The van der Waals surface area contributed by atoms with Gasteiger partial charge in [0.05, 0.1) is 0 Å². The first-order valence-electron chi connectivity index (χ1n) is 7.18. The summed E-state index contributed by atoms with van der Waals surface area (Å²) >= 11 is 0. The molecule has 1 aliphatic heterocycles. The molecule has 0 aromatic heterocycles. The van der Waals surface area contributed by atoms with E-state index in [2.05, 4.69) is 47.5 Å². The third kappa shape index (κ3) is 4.35. The van der Waals surface area contributed by atoms with Gasteiger partial charge in [-0.1, -0.05) is 30.3 Å². The molecule has 0 spiro atoms. The molecular weight excluding hydrogens is 236 g/mol. The van der Waals surface area contributed by atoms with Gasteiger partial charge in [0, 0.05) is 26.1 Å². The van der Waals surface area contributed by atoms with Crippen molar-refractivity contribution >= 4 is 5.91 Å². The number of hydrogen-bond donors (Lipinski definition) is 1. The van der Waals surface area contributed by atoms with Gasteiger partial charge in [0.2, 0.25) is 5.91 Å². The van der Waals surface area contributed by atoms with Gasteiger partial charge in [-0.05, 0) is 37.8 Å². The van der Waals surface area contributed by atoms with E-state index in [1.807, 2.05) is 0 Å². The first-order valence-corrected chi connectivity index (χ1v) is 7.18. The normalized spacial score (nSPS) is 21.9. The van der Waals surface area contributed by atoms with Gasteiger partial charge < -0.3 is 5.32 Å². The van der Waals surface area contributed by atoms with E-state index < -0.39 is 0 Å². The molecule has 3 nitrogen and oxygen atoms in total. The van der Waals surface area contributed by atoms with E-state index in [4.69, 9.17) is 0 Å². The summed E-state index contributed by atoms with van der Waals surface area (Å²) in [7, 11) is 0. The van der Waals surface area contributed by atoms with E-state index in [-0.39, 0.29) is 11.9 Å². The highest BCUT2D eigenvalue weighted by molar-refractivity contribution is 5.73. The molecule has 2 unspecified atom stereocenters. The molecule has 1 heterocycles. The molecule has 1 aromatic rings. The van der Waals surface area contributed by atoms with Crippen LogP contribution in [-0.4, -0.2) is 29.9 Å². The van der Waals surface area contributed by atoms with Crippen molar-refractivity contribution in [2.75, 3.05) is 13.1 Å². The largest absolute Gasteiger partial charge is 0.354 e. The van der Waals surface area contributed by atoms with Crippen LogP contribution in [0, 0.1) is 5.92 Å². The number of hydrogen-bond acceptors (Lipinski definition) is 2. The van der Waals surface area contributed by atoms with Crippen molar-refractivity contribution in [1.29, 1.82) is 0 Å². The summed E-state index contributed by atoms with van der Waals surface area (Å²) in [5.41, 5.74) is 1.37. The van der Waals surface area contributed by atoms with Crippen LogP contribution < -0.4 is 5.32 Å². The summed E-state index contributed by atoms with van der Waals surface area (Å²) in [6, 6.07) is 10.9. The Morgan fingerprint density at radius 1 is 1.42 bits per heavy atom. The first kappa shape index (κ1) is 14.1. The fraction of sp³-hybridized carbons (Fsp3) is 0.562. The van der Waals surface area contributed by atoms with Crippen molar-refractivity contribution in [2.24, 2.45) is 5.92 Å². The highest BCUT2D eigenvalue weighted by Crippen LogP contribution is 2.21. The zero-order valence-electron chi connectivity index (χ0n) is 11.9. The Kier molecular flexibility index (Phi) is 4.97. The summed E-state index contributed by atoms with van der Waals surface area (Å²) in [5, 5.41) is 3.03. The summed E-state index contributed by atoms with van der Waals surface area (Å²) in [6.07, 6.45) is 2.44. The Morgan fingerprint density at radius 2 is 2.16 bits per heavy atom. The SMILES string of the molecule is CC(=O)NC(C)C1CCCN(Cc2ccccc2)C1. The van der Waals surface area contributed by atoms with E-state index in [0.717, 1.165) is 19.6 Å². The molecule has 2 atom stereocenters. The molecule has 0 aliphatic carbocycles. The van der Waals surface area contributed by atoms with E-state index in [1.54, 1.807) is 6.92 Å². The quantitative estimate of drug-likeness (QED) is 0.901. The summed E-state index contributed by atoms with van der Waals surface area (Å²) < 4.78 is 0. The summed E-state index contributed by atoms with van der Waals surface area (Å²) in [6.45, 7) is 6.98. The lowest BCUT2D eigenvalue weighted by Crippen LogP contribution is -2.45. The Labute approximate surface area is 116 Å². The van der Waals surface area contributed by atoms with Gasteiger partial charge in [-0.25, -0.2) is 0 Å². The molecule has 1 fully saturated rings. The number of carbonyl (C=O) groups is 1. The van der Waals surface area contributed by atoms with Gasteiger partial charge >= 0.3 is 0 Å².